The Hall–Kier alpha value is -6.18. The van der Waals surface area contributed by atoms with Crippen LogP contribution in [0.15, 0.2) is 180 Å². The van der Waals surface area contributed by atoms with Crippen molar-refractivity contribution in [1.82, 2.24) is 0 Å². The number of benzene rings is 9. The first kappa shape index (κ1) is 30.4. The van der Waals surface area contributed by atoms with Crippen molar-refractivity contribution in [2.75, 3.05) is 0 Å². The van der Waals surface area contributed by atoms with Gasteiger partial charge in [-0.15, -0.1) is 0 Å². The van der Waals surface area contributed by atoms with E-state index < -0.39 is 0 Å². The van der Waals surface area contributed by atoms with Gasteiger partial charge in [0.1, 0.15) is 0 Å². The molecule has 0 N–H and O–H groups in total. The van der Waals surface area contributed by atoms with Gasteiger partial charge in [0.2, 0.25) is 0 Å². The van der Waals surface area contributed by atoms with Gasteiger partial charge >= 0.3 is 315 Å². The summed E-state index contributed by atoms with van der Waals surface area (Å²) in [5.41, 5.74) is 8.84. The zero-order chi connectivity index (χ0) is 35.0. The molecular formula is C51H32OSe. The summed E-state index contributed by atoms with van der Waals surface area (Å²) >= 11 is 0.206. The molecule has 0 aliphatic heterocycles. The van der Waals surface area contributed by atoms with Crippen LogP contribution in [0, 0.1) is 6.92 Å². The molecule has 0 aliphatic carbocycles. The molecule has 0 fully saturated rings. The van der Waals surface area contributed by atoms with Crippen molar-refractivity contribution in [2.24, 2.45) is 0 Å². The molecule has 2 heterocycles. The van der Waals surface area contributed by atoms with Gasteiger partial charge in [-0.2, -0.15) is 0 Å². The molecule has 0 spiro atoms. The summed E-state index contributed by atoms with van der Waals surface area (Å²) in [7, 11) is 0. The van der Waals surface area contributed by atoms with E-state index in [9.17, 15) is 0 Å². The summed E-state index contributed by atoms with van der Waals surface area (Å²) in [6.45, 7) is 2.02. The molecule has 11 aromatic rings. The van der Waals surface area contributed by atoms with Gasteiger partial charge in [0, 0.05) is 0 Å². The van der Waals surface area contributed by atoms with E-state index in [1.807, 2.05) is 6.92 Å². The van der Waals surface area contributed by atoms with Crippen molar-refractivity contribution in [3.05, 3.63) is 182 Å². The number of fused-ring (bicyclic) bond motifs is 7. The Labute approximate surface area is 313 Å². The van der Waals surface area contributed by atoms with Gasteiger partial charge in [0.25, 0.3) is 0 Å². The van der Waals surface area contributed by atoms with Crippen molar-refractivity contribution in [3.8, 4) is 44.7 Å². The van der Waals surface area contributed by atoms with E-state index in [0.717, 1.165) is 17.1 Å². The summed E-state index contributed by atoms with van der Waals surface area (Å²) in [5, 5.41) is 12.8. The number of rotatable bonds is 4. The second kappa shape index (κ2) is 11.9. The van der Waals surface area contributed by atoms with Crippen LogP contribution in [0.2, 0.25) is 0 Å². The Morgan fingerprint density at radius 1 is 0.358 bits per heavy atom. The molecule has 0 aliphatic rings. The van der Waals surface area contributed by atoms with E-state index in [2.05, 4.69) is 176 Å². The predicted octanol–water partition coefficient (Wildman–Crippen LogP) is 14.2. The molecule has 248 valence electrons. The van der Waals surface area contributed by atoms with Crippen molar-refractivity contribution in [3.63, 3.8) is 0 Å². The second-order valence-electron chi connectivity index (χ2n) is 14.0. The third kappa shape index (κ3) is 4.63. The first-order chi connectivity index (χ1) is 26.2. The third-order valence-electron chi connectivity index (χ3n) is 11.0. The van der Waals surface area contributed by atoms with Gasteiger partial charge in [-0.25, -0.2) is 0 Å². The molecule has 0 radical (unpaired) electrons. The van der Waals surface area contributed by atoms with Crippen molar-refractivity contribution < 1.29 is 4.42 Å². The van der Waals surface area contributed by atoms with Crippen LogP contribution in [-0.2, 0) is 0 Å². The molecule has 1 nitrogen and oxygen atoms in total. The summed E-state index contributed by atoms with van der Waals surface area (Å²) in [4.78, 5) is 0. The summed E-state index contributed by atoms with van der Waals surface area (Å²) < 4.78 is 9.18. The van der Waals surface area contributed by atoms with Crippen molar-refractivity contribution in [1.29, 1.82) is 0 Å². The first-order valence-corrected chi connectivity index (χ1v) is 19.9. The zero-order valence-electron chi connectivity index (χ0n) is 29.1. The molecule has 11 rings (SSSR count). The van der Waals surface area contributed by atoms with Crippen LogP contribution in [0.4, 0.5) is 0 Å². The fourth-order valence-corrected chi connectivity index (χ4v) is 11.1. The van der Waals surface area contributed by atoms with E-state index in [-0.39, 0.29) is 14.5 Å². The predicted molar refractivity (Wildman–Crippen MR) is 227 cm³/mol. The molecule has 2 heteroatoms. The molecule has 0 bridgehead atoms. The van der Waals surface area contributed by atoms with E-state index in [0.29, 0.717) is 0 Å². The summed E-state index contributed by atoms with van der Waals surface area (Å²) in [6, 6.07) is 64.9. The third-order valence-corrected chi connectivity index (χ3v) is 13.3. The molecule has 2 aromatic heterocycles. The van der Waals surface area contributed by atoms with E-state index in [1.54, 1.807) is 0 Å². The Morgan fingerprint density at radius 3 is 1.42 bits per heavy atom. The molecule has 0 saturated carbocycles. The number of aryl methyl sites for hydroxylation is 1. The van der Waals surface area contributed by atoms with Crippen molar-refractivity contribution in [2.45, 2.75) is 6.92 Å². The number of hydrogen-bond acceptors (Lipinski definition) is 1. The van der Waals surface area contributed by atoms with Crippen LogP contribution < -0.4 is 0 Å². The maximum atomic E-state index is 6.30. The summed E-state index contributed by atoms with van der Waals surface area (Å²) in [5.74, 6) is 1.83. The average Bonchev–Trinajstić information content (AvgIpc) is 3.82. The second-order valence-corrected chi connectivity index (χ2v) is 16.2. The normalized spacial score (nSPS) is 11.9. The van der Waals surface area contributed by atoms with E-state index in [4.69, 9.17) is 4.42 Å². The first-order valence-electron chi connectivity index (χ1n) is 18.2. The molecule has 0 saturated heterocycles. The molecule has 0 atom stereocenters. The molecule has 9 aromatic carbocycles. The molecule has 0 unspecified atom stereocenters. The zero-order valence-corrected chi connectivity index (χ0v) is 30.8. The Kier molecular flexibility index (Phi) is 6.86. The van der Waals surface area contributed by atoms with Crippen molar-refractivity contribution >= 4 is 76.9 Å². The Bertz CT molecular complexity index is 3120. The van der Waals surface area contributed by atoms with Crippen LogP contribution in [0.1, 0.15) is 5.76 Å². The molecule has 0 amide bonds. The van der Waals surface area contributed by atoms with Gasteiger partial charge in [0.05, 0.1) is 0 Å². The average molecular weight is 740 g/mol. The Morgan fingerprint density at radius 2 is 0.868 bits per heavy atom. The minimum absolute atomic E-state index is 0.206. The van der Waals surface area contributed by atoms with Gasteiger partial charge in [0.15, 0.2) is 0 Å². The van der Waals surface area contributed by atoms with E-state index in [1.165, 1.54) is 95.8 Å². The fraction of sp³-hybridized carbons (Fsp3) is 0.0196. The van der Waals surface area contributed by atoms with Crippen LogP contribution in [0.5, 0.6) is 0 Å². The Balaban J connectivity index is 1.23. The topological polar surface area (TPSA) is 13.1 Å². The summed E-state index contributed by atoms with van der Waals surface area (Å²) in [6.07, 6.45) is 0. The van der Waals surface area contributed by atoms with Crippen LogP contribution in [0.3, 0.4) is 0 Å². The number of furan rings is 1. The van der Waals surface area contributed by atoms with Crippen LogP contribution in [-0.4, -0.2) is 14.5 Å². The van der Waals surface area contributed by atoms with Gasteiger partial charge in [-0.1, -0.05) is 0 Å². The van der Waals surface area contributed by atoms with E-state index >= 15 is 0 Å². The van der Waals surface area contributed by atoms with Gasteiger partial charge in [-0.3, -0.25) is 0 Å². The standard InChI is InChI=1S/C51H32OSe/c1-31-26-28-44(52-31)50-40-22-11-9-20-38(40)49(39-21-10-12-23-41(39)50)42-24-13-25-46-51(42)43-30-33(27-29-45(43)53-46)48-36-18-7-5-16-34(36)47(32-14-3-2-4-15-32)35-17-6-8-19-37(35)48/h2-30H,1H3. The van der Waals surface area contributed by atoms with Gasteiger partial charge in [-0.05, 0) is 0 Å². The maximum absolute atomic E-state index is 6.30. The quantitative estimate of drug-likeness (QED) is 0.129. The minimum atomic E-state index is 0.206. The monoisotopic (exact) mass is 740 g/mol. The van der Waals surface area contributed by atoms with Gasteiger partial charge < -0.3 is 0 Å². The fourth-order valence-electron chi connectivity index (χ4n) is 8.80. The number of hydrogen-bond donors (Lipinski definition) is 0. The molecule has 53 heavy (non-hydrogen) atoms. The molecular weight excluding hydrogens is 708 g/mol. The van der Waals surface area contributed by atoms with Crippen LogP contribution in [0.25, 0.3) is 107 Å². The van der Waals surface area contributed by atoms with Crippen LogP contribution >= 0.6 is 0 Å². The SMILES string of the molecule is Cc1ccc(-c2c3ccccc3c(-c3cccc4[se]c5ccc(-c6c7ccccc7c(-c7ccccc7)c7ccccc67)cc5c34)c3ccccc23)o1.